The number of ketones is 1. The normalized spacial score (nSPS) is 9.96. The number of hydrogen-bond acceptors (Lipinski definition) is 6. The maximum absolute atomic E-state index is 12.2. The van der Waals surface area contributed by atoms with Crippen LogP contribution in [0.5, 0.6) is 17.2 Å². The minimum Gasteiger partial charge on any atom is -0.493 e. The van der Waals surface area contributed by atoms with Crippen LogP contribution >= 0.6 is 0 Å². The van der Waals surface area contributed by atoms with Crippen LogP contribution in [0.4, 0.5) is 0 Å². The number of ether oxygens (including phenoxy) is 4. The van der Waals surface area contributed by atoms with Gasteiger partial charge in [0.2, 0.25) is 0 Å². The van der Waals surface area contributed by atoms with Crippen molar-refractivity contribution in [1.29, 1.82) is 0 Å². The zero-order valence-corrected chi connectivity index (χ0v) is 13.7. The quantitative estimate of drug-likeness (QED) is 0.574. The fraction of sp³-hybridized carbons (Fsp3) is 0.222. The third-order valence-corrected chi connectivity index (χ3v) is 3.35. The Morgan fingerprint density at radius 2 is 1.46 bits per heavy atom. The minimum atomic E-state index is -0.428. The number of benzene rings is 2. The average molecular weight is 330 g/mol. The van der Waals surface area contributed by atoms with Crippen molar-refractivity contribution in [3.05, 3.63) is 53.6 Å². The molecule has 0 saturated carbocycles. The van der Waals surface area contributed by atoms with Crippen molar-refractivity contribution in [2.45, 2.75) is 0 Å². The fourth-order valence-corrected chi connectivity index (χ4v) is 2.05. The van der Waals surface area contributed by atoms with Crippen molar-refractivity contribution in [1.82, 2.24) is 0 Å². The molecule has 0 unspecified atom stereocenters. The van der Waals surface area contributed by atoms with Crippen LogP contribution in [0.3, 0.4) is 0 Å². The molecule has 0 N–H and O–H groups in total. The van der Waals surface area contributed by atoms with Gasteiger partial charge in [-0.3, -0.25) is 4.79 Å². The van der Waals surface area contributed by atoms with Crippen molar-refractivity contribution < 1.29 is 28.5 Å². The molecule has 0 fully saturated rings. The van der Waals surface area contributed by atoms with Gasteiger partial charge in [0.1, 0.15) is 5.75 Å². The van der Waals surface area contributed by atoms with Gasteiger partial charge in [0.25, 0.3) is 0 Å². The van der Waals surface area contributed by atoms with Crippen molar-refractivity contribution in [3.8, 4) is 17.2 Å². The van der Waals surface area contributed by atoms with E-state index in [1.165, 1.54) is 21.3 Å². The molecule has 6 heteroatoms. The zero-order valence-electron chi connectivity index (χ0n) is 13.7. The minimum absolute atomic E-state index is 0.132. The SMILES string of the molecule is COC(=O)c1ccc(OCC(=O)c2ccc(OC)c(OC)c2)cc1. The molecule has 126 valence electrons. The van der Waals surface area contributed by atoms with Crippen LogP contribution in [0.15, 0.2) is 42.5 Å². The van der Waals surface area contributed by atoms with Crippen LogP contribution in [0.25, 0.3) is 0 Å². The highest BCUT2D eigenvalue weighted by molar-refractivity contribution is 5.97. The van der Waals surface area contributed by atoms with E-state index in [0.717, 1.165) is 0 Å². The second-order valence-electron chi connectivity index (χ2n) is 4.80. The topological polar surface area (TPSA) is 71.1 Å². The molecule has 0 heterocycles. The Labute approximate surface area is 139 Å². The van der Waals surface area contributed by atoms with Crippen LogP contribution in [0.1, 0.15) is 20.7 Å². The van der Waals surface area contributed by atoms with Gasteiger partial charge in [-0.1, -0.05) is 0 Å². The summed E-state index contributed by atoms with van der Waals surface area (Å²) in [5.74, 6) is 0.881. The van der Waals surface area contributed by atoms with Gasteiger partial charge < -0.3 is 18.9 Å². The number of hydrogen-bond donors (Lipinski definition) is 0. The Bertz CT molecular complexity index is 721. The van der Waals surface area contributed by atoms with E-state index in [9.17, 15) is 9.59 Å². The first-order valence-electron chi connectivity index (χ1n) is 7.15. The Morgan fingerprint density at radius 3 is 2.04 bits per heavy atom. The molecule has 0 aliphatic rings. The Balaban J connectivity index is 2.01. The zero-order chi connectivity index (χ0) is 17.5. The first-order valence-corrected chi connectivity index (χ1v) is 7.15. The summed E-state index contributed by atoms with van der Waals surface area (Å²) in [6.07, 6.45) is 0. The van der Waals surface area contributed by atoms with Crippen molar-refractivity contribution >= 4 is 11.8 Å². The molecule has 6 nitrogen and oxygen atoms in total. The van der Waals surface area contributed by atoms with Gasteiger partial charge in [0.05, 0.1) is 26.9 Å². The molecule has 2 aromatic rings. The van der Waals surface area contributed by atoms with Gasteiger partial charge in [0.15, 0.2) is 23.9 Å². The number of esters is 1. The molecule has 0 aromatic heterocycles. The predicted octanol–water partition coefficient (Wildman–Crippen LogP) is 2.75. The van der Waals surface area contributed by atoms with E-state index in [-0.39, 0.29) is 12.4 Å². The number of Topliss-reactive ketones (excluding diaryl/α,β-unsaturated/α-hetero) is 1. The first-order chi connectivity index (χ1) is 11.6. The first kappa shape index (κ1) is 17.3. The molecule has 0 aliphatic heterocycles. The Morgan fingerprint density at radius 1 is 0.833 bits per heavy atom. The highest BCUT2D eigenvalue weighted by Crippen LogP contribution is 2.27. The van der Waals surface area contributed by atoms with E-state index in [4.69, 9.17) is 14.2 Å². The summed E-state index contributed by atoms with van der Waals surface area (Å²) in [7, 11) is 4.35. The Kier molecular flexibility index (Phi) is 5.78. The molecule has 2 rings (SSSR count). The molecule has 0 radical (unpaired) electrons. The van der Waals surface area contributed by atoms with E-state index in [1.54, 1.807) is 42.5 Å². The maximum Gasteiger partial charge on any atom is 0.337 e. The third-order valence-electron chi connectivity index (χ3n) is 3.35. The lowest BCUT2D eigenvalue weighted by Gasteiger charge is -2.10. The van der Waals surface area contributed by atoms with Crippen molar-refractivity contribution in [2.24, 2.45) is 0 Å². The summed E-state index contributed by atoms with van der Waals surface area (Å²) < 4.78 is 20.4. The Hall–Kier alpha value is -3.02. The fourth-order valence-electron chi connectivity index (χ4n) is 2.05. The molecule has 0 aliphatic carbocycles. The molecule has 24 heavy (non-hydrogen) atoms. The van der Waals surface area contributed by atoms with Crippen LogP contribution in [0.2, 0.25) is 0 Å². The molecular weight excluding hydrogens is 312 g/mol. The van der Waals surface area contributed by atoms with Crippen LogP contribution in [-0.4, -0.2) is 39.7 Å². The monoisotopic (exact) mass is 330 g/mol. The predicted molar refractivity (Wildman–Crippen MR) is 87.2 cm³/mol. The van der Waals surface area contributed by atoms with E-state index in [2.05, 4.69) is 4.74 Å². The van der Waals surface area contributed by atoms with Crippen LogP contribution in [-0.2, 0) is 4.74 Å². The van der Waals surface area contributed by atoms with Gasteiger partial charge in [0, 0.05) is 5.56 Å². The molecular formula is C18H18O6. The smallest absolute Gasteiger partial charge is 0.337 e. The number of carbonyl (C=O) groups excluding carboxylic acids is 2. The number of methoxy groups -OCH3 is 3. The highest BCUT2D eigenvalue weighted by Gasteiger charge is 2.12. The maximum atomic E-state index is 12.2. The van der Waals surface area contributed by atoms with Crippen molar-refractivity contribution in [3.63, 3.8) is 0 Å². The lowest BCUT2D eigenvalue weighted by molar-refractivity contribution is 0.0600. The second kappa shape index (κ2) is 8.01. The molecule has 0 amide bonds. The van der Waals surface area contributed by atoms with E-state index in [0.29, 0.717) is 28.4 Å². The molecule has 2 aromatic carbocycles. The lowest BCUT2D eigenvalue weighted by atomic mass is 10.1. The van der Waals surface area contributed by atoms with Gasteiger partial charge in [-0.2, -0.15) is 0 Å². The largest absolute Gasteiger partial charge is 0.493 e. The summed E-state index contributed by atoms with van der Waals surface area (Å²) in [6.45, 7) is -0.132. The lowest BCUT2D eigenvalue weighted by Crippen LogP contribution is -2.12. The van der Waals surface area contributed by atoms with Gasteiger partial charge in [-0.15, -0.1) is 0 Å². The summed E-state index contributed by atoms with van der Waals surface area (Å²) in [5, 5.41) is 0. The number of carbonyl (C=O) groups is 2. The van der Waals surface area contributed by atoms with Crippen molar-refractivity contribution in [2.75, 3.05) is 27.9 Å². The summed E-state index contributed by atoms with van der Waals surface area (Å²) in [4.78, 5) is 23.6. The summed E-state index contributed by atoms with van der Waals surface area (Å²) >= 11 is 0. The average Bonchev–Trinajstić information content (AvgIpc) is 2.65. The van der Waals surface area contributed by atoms with Crippen LogP contribution < -0.4 is 14.2 Å². The molecule has 0 atom stereocenters. The number of rotatable bonds is 7. The molecule has 0 saturated heterocycles. The summed E-state index contributed by atoms with van der Waals surface area (Å²) in [6, 6.07) is 11.3. The van der Waals surface area contributed by atoms with E-state index < -0.39 is 5.97 Å². The highest BCUT2D eigenvalue weighted by atomic mass is 16.5. The third kappa shape index (κ3) is 4.04. The van der Waals surface area contributed by atoms with Gasteiger partial charge >= 0.3 is 5.97 Å². The second-order valence-corrected chi connectivity index (χ2v) is 4.80. The summed E-state index contributed by atoms with van der Waals surface area (Å²) in [5.41, 5.74) is 0.870. The van der Waals surface area contributed by atoms with E-state index >= 15 is 0 Å². The van der Waals surface area contributed by atoms with Gasteiger partial charge in [-0.25, -0.2) is 4.79 Å². The molecule has 0 spiro atoms. The standard InChI is InChI=1S/C18H18O6/c1-21-16-9-6-13(10-17(16)22-2)15(19)11-24-14-7-4-12(5-8-14)18(20)23-3/h4-10H,11H2,1-3H3. The van der Waals surface area contributed by atoms with E-state index in [1.807, 2.05) is 0 Å². The van der Waals surface area contributed by atoms with Gasteiger partial charge in [-0.05, 0) is 42.5 Å². The van der Waals surface area contributed by atoms with Crippen LogP contribution in [0, 0.1) is 0 Å². The molecule has 0 bridgehead atoms.